The second-order valence-corrected chi connectivity index (χ2v) is 10.9. The third-order valence-corrected chi connectivity index (χ3v) is 7.06. The van der Waals surface area contributed by atoms with Crippen LogP contribution in [0.25, 0.3) is 28.4 Å². The third-order valence-electron chi connectivity index (χ3n) is 7.06. The summed E-state index contributed by atoms with van der Waals surface area (Å²) in [5.74, 6) is 0.949. The molecule has 0 radical (unpaired) electrons. The van der Waals surface area contributed by atoms with E-state index in [1.807, 2.05) is 42.5 Å². The Balaban J connectivity index is 1.29. The summed E-state index contributed by atoms with van der Waals surface area (Å²) in [4.78, 5) is 26.6. The van der Waals surface area contributed by atoms with Crippen LogP contribution in [0.2, 0.25) is 0 Å². The fourth-order valence-electron chi connectivity index (χ4n) is 4.82. The summed E-state index contributed by atoms with van der Waals surface area (Å²) >= 11 is 0. The summed E-state index contributed by atoms with van der Waals surface area (Å²) in [6.07, 6.45) is 1.72. The van der Waals surface area contributed by atoms with Gasteiger partial charge in [0, 0.05) is 17.0 Å². The van der Waals surface area contributed by atoms with E-state index in [0.717, 1.165) is 11.1 Å². The van der Waals surface area contributed by atoms with Gasteiger partial charge in [0.15, 0.2) is 5.76 Å². The molecule has 0 N–H and O–H groups in total. The molecular weight excluding hydrogens is 516 g/mol. The molecule has 2 heterocycles. The number of Topliss-reactive ketones (excluding diaryl/α,β-unsaturated/α-hetero) is 1. The first kappa shape index (κ1) is 26.1. The first-order valence-electron chi connectivity index (χ1n) is 13.3. The van der Waals surface area contributed by atoms with Gasteiger partial charge >= 0.3 is 5.97 Å². The third kappa shape index (κ3) is 5.00. The zero-order valence-corrected chi connectivity index (χ0v) is 23.2. The molecule has 204 valence electrons. The number of hydrogen-bond acceptors (Lipinski definition) is 6. The van der Waals surface area contributed by atoms with E-state index in [1.165, 1.54) is 5.56 Å². The lowest BCUT2D eigenvalue weighted by Crippen LogP contribution is -2.10. The van der Waals surface area contributed by atoms with Crippen molar-refractivity contribution in [2.45, 2.75) is 26.2 Å². The predicted octanol–water partition coefficient (Wildman–Crippen LogP) is 8.24. The predicted molar refractivity (Wildman–Crippen MR) is 158 cm³/mol. The van der Waals surface area contributed by atoms with Crippen molar-refractivity contribution in [3.05, 3.63) is 119 Å². The number of ketones is 1. The van der Waals surface area contributed by atoms with Crippen molar-refractivity contribution >= 4 is 28.8 Å². The number of benzene rings is 4. The number of carbonyl (C=O) groups excluding carboxylic acids is 2. The molecule has 5 aromatic rings. The van der Waals surface area contributed by atoms with Crippen molar-refractivity contribution in [1.29, 1.82) is 0 Å². The second-order valence-electron chi connectivity index (χ2n) is 10.9. The number of esters is 1. The summed E-state index contributed by atoms with van der Waals surface area (Å²) in [5.41, 5.74) is 4.05. The molecule has 6 nitrogen and oxygen atoms in total. The van der Waals surface area contributed by atoms with Gasteiger partial charge in [0.25, 0.3) is 0 Å². The molecule has 1 aromatic heterocycles. The van der Waals surface area contributed by atoms with Crippen LogP contribution >= 0.6 is 0 Å². The Bertz CT molecular complexity index is 1820. The maximum Gasteiger partial charge on any atom is 0.348 e. The Hall–Kier alpha value is -5.10. The zero-order valence-electron chi connectivity index (χ0n) is 23.2. The first-order chi connectivity index (χ1) is 19.7. The van der Waals surface area contributed by atoms with Crippen LogP contribution in [0.15, 0.2) is 101 Å². The molecule has 0 spiro atoms. The quantitative estimate of drug-likeness (QED) is 0.126. The number of rotatable bonds is 5. The molecule has 6 rings (SSSR count). The van der Waals surface area contributed by atoms with Gasteiger partial charge in [0.05, 0.1) is 12.7 Å². The van der Waals surface area contributed by atoms with Gasteiger partial charge in [0.1, 0.15) is 34.2 Å². The molecule has 4 aromatic carbocycles. The summed E-state index contributed by atoms with van der Waals surface area (Å²) in [7, 11) is 1.56. The van der Waals surface area contributed by atoms with Crippen molar-refractivity contribution in [1.82, 2.24) is 0 Å². The Labute approximate surface area is 237 Å². The van der Waals surface area contributed by atoms with Crippen molar-refractivity contribution in [3.63, 3.8) is 0 Å². The lowest BCUT2D eigenvalue weighted by atomic mass is 9.86. The smallest absolute Gasteiger partial charge is 0.348 e. The summed E-state index contributed by atoms with van der Waals surface area (Å²) < 4.78 is 23.2. The van der Waals surface area contributed by atoms with E-state index in [1.54, 1.807) is 49.6 Å². The fraction of sp³-hybridized carbons (Fsp3) is 0.143. The van der Waals surface area contributed by atoms with Gasteiger partial charge in [-0.3, -0.25) is 4.79 Å². The van der Waals surface area contributed by atoms with Crippen LogP contribution in [0.1, 0.15) is 52.6 Å². The van der Waals surface area contributed by atoms with Gasteiger partial charge in [-0.15, -0.1) is 0 Å². The number of ether oxygens (including phenoxy) is 3. The number of carbonyl (C=O) groups is 2. The summed E-state index contributed by atoms with van der Waals surface area (Å²) in [6.45, 7) is 6.46. The van der Waals surface area contributed by atoms with E-state index in [0.29, 0.717) is 33.8 Å². The second kappa shape index (κ2) is 10.1. The molecule has 0 amide bonds. The lowest BCUT2D eigenvalue weighted by Gasteiger charge is -2.18. The van der Waals surface area contributed by atoms with Gasteiger partial charge in [-0.1, -0.05) is 75.4 Å². The van der Waals surface area contributed by atoms with Crippen LogP contribution < -0.4 is 14.2 Å². The molecule has 1 aliphatic heterocycles. The van der Waals surface area contributed by atoms with Crippen LogP contribution in [0.4, 0.5) is 0 Å². The molecule has 0 atom stereocenters. The Kier molecular flexibility index (Phi) is 6.46. The zero-order chi connectivity index (χ0) is 28.7. The van der Waals surface area contributed by atoms with Crippen LogP contribution in [0.3, 0.4) is 0 Å². The highest BCUT2D eigenvalue weighted by atomic mass is 16.5. The van der Waals surface area contributed by atoms with Crippen LogP contribution in [-0.2, 0) is 5.41 Å². The minimum atomic E-state index is -0.602. The highest BCUT2D eigenvalue weighted by Crippen LogP contribution is 2.38. The highest BCUT2D eigenvalue weighted by molar-refractivity contribution is 6.15. The number of fused-ring (bicyclic) bond motifs is 2. The van der Waals surface area contributed by atoms with Crippen LogP contribution in [0, 0.1) is 0 Å². The average molecular weight is 545 g/mol. The Morgan fingerprint density at radius 1 is 0.854 bits per heavy atom. The minimum Gasteiger partial charge on any atom is -0.497 e. The highest BCUT2D eigenvalue weighted by Gasteiger charge is 2.29. The van der Waals surface area contributed by atoms with E-state index in [4.69, 9.17) is 18.6 Å². The standard InChI is InChI=1S/C35H28O6/c1-35(2,3)23-12-10-21(11-13-23)18-30-32(36)26-16-14-25(20-29(26)40-30)39-34(37)31-27-19-24(38-4)15-17-28(27)41-33(31)22-8-6-5-7-9-22/h5-20H,1-4H3. The molecule has 0 aliphatic carbocycles. The molecule has 0 saturated carbocycles. The number of furan rings is 1. The Morgan fingerprint density at radius 3 is 2.29 bits per heavy atom. The molecule has 0 fully saturated rings. The normalized spacial score (nSPS) is 13.8. The van der Waals surface area contributed by atoms with Crippen LogP contribution in [0.5, 0.6) is 17.2 Å². The Morgan fingerprint density at radius 2 is 1.59 bits per heavy atom. The van der Waals surface area contributed by atoms with Gasteiger partial charge in [-0.05, 0) is 52.9 Å². The SMILES string of the molecule is COc1ccc2oc(-c3ccccc3)c(C(=O)Oc3ccc4c(c3)OC(=Cc3ccc(C(C)(C)C)cc3)C4=O)c2c1. The molecule has 6 heteroatoms. The monoisotopic (exact) mass is 544 g/mol. The first-order valence-corrected chi connectivity index (χ1v) is 13.3. The number of hydrogen-bond donors (Lipinski definition) is 0. The summed E-state index contributed by atoms with van der Waals surface area (Å²) in [5, 5.41) is 0.573. The largest absolute Gasteiger partial charge is 0.497 e. The van der Waals surface area contributed by atoms with Crippen LogP contribution in [-0.4, -0.2) is 18.9 Å². The van der Waals surface area contributed by atoms with E-state index in [-0.39, 0.29) is 28.3 Å². The summed E-state index contributed by atoms with van der Waals surface area (Å²) in [6, 6.07) is 27.4. The van der Waals surface area contributed by atoms with E-state index in [9.17, 15) is 9.59 Å². The van der Waals surface area contributed by atoms with Gasteiger partial charge < -0.3 is 18.6 Å². The number of allylic oxidation sites excluding steroid dienone is 1. The maximum atomic E-state index is 13.6. The van der Waals surface area contributed by atoms with Crippen molar-refractivity contribution in [2.24, 2.45) is 0 Å². The van der Waals surface area contributed by atoms with Gasteiger partial charge in [-0.25, -0.2) is 4.79 Å². The molecule has 0 unspecified atom stereocenters. The molecule has 0 saturated heterocycles. The van der Waals surface area contributed by atoms with Crippen molar-refractivity contribution in [3.8, 4) is 28.6 Å². The van der Waals surface area contributed by atoms with E-state index in [2.05, 4.69) is 32.9 Å². The average Bonchev–Trinajstić information content (AvgIpc) is 3.50. The van der Waals surface area contributed by atoms with Gasteiger partial charge in [0.2, 0.25) is 5.78 Å². The fourth-order valence-corrected chi connectivity index (χ4v) is 4.82. The van der Waals surface area contributed by atoms with Crippen molar-refractivity contribution in [2.75, 3.05) is 7.11 Å². The molecule has 1 aliphatic rings. The topological polar surface area (TPSA) is 75.0 Å². The number of methoxy groups -OCH3 is 1. The minimum absolute atomic E-state index is 0.0338. The molecular formula is C35H28O6. The van der Waals surface area contributed by atoms with E-state index < -0.39 is 5.97 Å². The lowest BCUT2D eigenvalue weighted by molar-refractivity contribution is 0.0736. The maximum absolute atomic E-state index is 13.6. The van der Waals surface area contributed by atoms with E-state index >= 15 is 0 Å². The van der Waals surface area contributed by atoms with Crippen molar-refractivity contribution < 1.29 is 28.2 Å². The molecule has 0 bridgehead atoms. The van der Waals surface area contributed by atoms with Gasteiger partial charge in [-0.2, -0.15) is 0 Å². The molecule has 41 heavy (non-hydrogen) atoms.